The molecule has 1 aliphatic rings. The molecular formula is C9H10N2O3. The van der Waals surface area contributed by atoms with Crippen LogP contribution in [-0.2, 0) is 11.2 Å². The van der Waals surface area contributed by atoms with E-state index in [1.807, 2.05) is 18.2 Å². The lowest BCUT2D eigenvalue weighted by atomic mass is 10.2. The minimum absolute atomic E-state index is 0.152. The number of carbonyl (C=O) groups excluding carboxylic acids is 2. The fraction of sp³-hybridized carbons (Fsp3) is 0.111. The van der Waals surface area contributed by atoms with Crippen LogP contribution in [-0.4, -0.2) is 12.0 Å². The van der Waals surface area contributed by atoms with Gasteiger partial charge in [-0.25, -0.2) is 4.79 Å². The molecule has 0 radical (unpaired) electrons. The van der Waals surface area contributed by atoms with Crippen LogP contribution in [0.3, 0.4) is 0 Å². The highest BCUT2D eigenvalue weighted by molar-refractivity contribution is 5.80. The number of primary amides is 2. The van der Waals surface area contributed by atoms with E-state index in [9.17, 15) is 4.79 Å². The number of para-hydroxylation sites is 1. The number of hydrogen-bond acceptors (Lipinski definition) is 3. The summed E-state index contributed by atoms with van der Waals surface area (Å²) >= 11 is 0. The third-order valence-electron chi connectivity index (χ3n) is 1.53. The molecule has 0 aliphatic carbocycles. The highest BCUT2D eigenvalue weighted by atomic mass is 16.5. The Morgan fingerprint density at radius 3 is 2.43 bits per heavy atom. The number of amides is 2. The monoisotopic (exact) mass is 194 g/mol. The van der Waals surface area contributed by atoms with Crippen molar-refractivity contribution >= 4 is 12.0 Å². The molecule has 1 aromatic rings. The van der Waals surface area contributed by atoms with Crippen molar-refractivity contribution in [2.24, 2.45) is 11.5 Å². The van der Waals surface area contributed by atoms with Gasteiger partial charge in [-0.2, -0.15) is 0 Å². The van der Waals surface area contributed by atoms with E-state index in [1.165, 1.54) is 0 Å². The lowest BCUT2D eigenvalue weighted by molar-refractivity contribution is -0.131. The van der Waals surface area contributed by atoms with Crippen LogP contribution in [0.25, 0.3) is 0 Å². The summed E-state index contributed by atoms with van der Waals surface area (Å²) < 4.78 is 4.87. The summed E-state index contributed by atoms with van der Waals surface area (Å²) in [5.74, 6) is 0.564. The van der Waals surface area contributed by atoms with Gasteiger partial charge in [-0.15, -0.1) is 0 Å². The number of benzene rings is 1. The molecule has 0 spiro atoms. The Labute approximate surface area is 80.6 Å². The Morgan fingerprint density at radius 2 is 1.86 bits per heavy atom. The Kier molecular flexibility index (Phi) is 3.06. The molecular weight excluding hydrogens is 184 g/mol. The molecule has 0 aromatic heterocycles. The largest absolute Gasteiger partial charge is 0.426 e. The molecule has 5 nitrogen and oxygen atoms in total. The predicted octanol–water partition coefficient (Wildman–Crippen LogP) is 0.172. The van der Waals surface area contributed by atoms with Gasteiger partial charge in [0.25, 0.3) is 0 Å². The van der Waals surface area contributed by atoms with Crippen LogP contribution in [0.4, 0.5) is 4.79 Å². The average molecular weight is 194 g/mol. The average Bonchev–Trinajstić information content (AvgIpc) is 2.42. The van der Waals surface area contributed by atoms with Gasteiger partial charge in [0.15, 0.2) is 0 Å². The predicted molar refractivity (Wildman–Crippen MR) is 49.6 cm³/mol. The maximum atomic E-state index is 10.7. The maximum Gasteiger partial charge on any atom is 0.315 e. The van der Waals surface area contributed by atoms with Crippen LogP contribution >= 0.6 is 0 Å². The Bertz CT molecular complexity index is 332. The van der Waals surface area contributed by atoms with E-state index in [0.29, 0.717) is 12.2 Å². The van der Waals surface area contributed by atoms with Gasteiger partial charge >= 0.3 is 12.0 Å². The molecule has 0 saturated carbocycles. The SMILES string of the molecule is NC(N)=O.O=C1Cc2ccccc2O1. The number of nitrogens with two attached hydrogens (primary N) is 2. The van der Waals surface area contributed by atoms with E-state index in [4.69, 9.17) is 9.53 Å². The van der Waals surface area contributed by atoms with Gasteiger partial charge < -0.3 is 16.2 Å². The zero-order chi connectivity index (χ0) is 10.6. The van der Waals surface area contributed by atoms with E-state index in [-0.39, 0.29) is 5.97 Å². The molecule has 1 heterocycles. The van der Waals surface area contributed by atoms with Gasteiger partial charge in [0.05, 0.1) is 6.42 Å². The summed E-state index contributed by atoms with van der Waals surface area (Å²) in [7, 11) is 0. The molecule has 0 atom stereocenters. The molecule has 1 aliphatic heterocycles. The molecule has 74 valence electrons. The second kappa shape index (κ2) is 4.27. The zero-order valence-electron chi connectivity index (χ0n) is 7.40. The number of fused-ring (bicyclic) bond motifs is 1. The van der Waals surface area contributed by atoms with Crippen molar-refractivity contribution in [3.8, 4) is 5.75 Å². The fourth-order valence-corrected chi connectivity index (χ4v) is 1.06. The van der Waals surface area contributed by atoms with E-state index in [2.05, 4.69) is 11.5 Å². The standard InChI is InChI=1S/C8H6O2.CH4N2O/c9-8-5-6-3-1-2-4-7(6)10-8;2-1(3)4/h1-4H,5H2;(H4,2,3,4). The number of esters is 1. The minimum Gasteiger partial charge on any atom is -0.426 e. The molecule has 0 unspecified atom stereocenters. The van der Waals surface area contributed by atoms with Crippen LogP contribution in [0.2, 0.25) is 0 Å². The fourth-order valence-electron chi connectivity index (χ4n) is 1.06. The topological polar surface area (TPSA) is 95.4 Å². The second-order valence-electron chi connectivity index (χ2n) is 2.66. The third kappa shape index (κ3) is 2.78. The Balaban J connectivity index is 0.000000213. The smallest absolute Gasteiger partial charge is 0.315 e. The van der Waals surface area contributed by atoms with Crippen LogP contribution in [0.5, 0.6) is 5.75 Å². The first-order valence-electron chi connectivity index (χ1n) is 3.93. The van der Waals surface area contributed by atoms with Gasteiger partial charge in [-0.1, -0.05) is 18.2 Å². The number of ether oxygens (including phenoxy) is 1. The summed E-state index contributed by atoms with van der Waals surface area (Å²) in [6.07, 6.45) is 0.427. The van der Waals surface area contributed by atoms with E-state index < -0.39 is 6.03 Å². The molecule has 0 bridgehead atoms. The van der Waals surface area contributed by atoms with Crippen molar-refractivity contribution in [2.45, 2.75) is 6.42 Å². The summed E-state index contributed by atoms with van der Waals surface area (Å²) in [6, 6.07) is 6.64. The summed E-state index contributed by atoms with van der Waals surface area (Å²) in [6.45, 7) is 0. The molecule has 2 amide bonds. The van der Waals surface area contributed by atoms with Gasteiger partial charge in [0.2, 0.25) is 0 Å². The van der Waals surface area contributed by atoms with Crippen molar-refractivity contribution in [1.82, 2.24) is 0 Å². The van der Waals surface area contributed by atoms with Gasteiger partial charge in [0, 0.05) is 5.56 Å². The lowest BCUT2D eigenvalue weighted by Crippen LogP contribution is -2.18. The van der Waals surface area contributed by atoms with Crippen LogP contribution in [0.1, 0.15) is 5.56 Å². The number of carbonyl (C=O) groups is 2. The van der Waals surface area contributed by atoms with Crippen LogP contribution in [0.15, 0.2) is 24.3 Å². The van der Waals surface area contributed by atoms with Crippen molar-refractivity contribution in [2.75, 3.05) is 0 Å². The summed E-state index contributed by atoms with van der Waals surface area (Å²) in [5, 5.41) is 0. The lowest BCUT2D eigenvalue weighted by Gasteiger charge is -1.91. The van der Waals surface area contributed by atoms with Crippen molar-refractivity contribution in [1.29, 1.82) is 0 Å². The molecule has 14 heavy (non-hydrogen) atoms. The first-order valence-corrected chi connectivity index (χ1v) is 3.93. The minimum atomic E-state index is -0.833. The molecule has 4 N–H and O–H groups in total. The maximum absolute atomic E-state index is 10.7. The van der Waals surface area contributed by atoms with Crippen LogP contribution in [0, 0.1) is 0 Å². The number of urea groups is 1. The summed E-state index contributed by atoms with van der Waals surface area (Å²) in [4.78, 5) is 19.7. The molecule has 1 aromatic carbocycles. The number of hydrogen-bond donors (Lipinski definition) is 2. The van der Waals surface area contributed by atoms with Crippen LogP contribution < -0.4 is 16.2 Å². The summed E-state index contributed by atoms with van der Waals surface area (Å²) in [5.41, 5.74) is 9.49. The van der Waals surface area contributed by atoms with Gasteiger partial charge in [-0.05, 0) is 6.07 Å². The van der Waals surface area contributed by atoms with Crippen molar-refractivity contribution in [3.05, 3.63) is 29.8 Å². The van der Waals surface area contributed by atoms with Gasteiger partial charge in [-0.3, -0.25) is 4.79 Å². The van der Waals surface area contributed by atoms with E-state index in [1.54, 1.807) is 6.07 Å². The molecule has 0 saturated heterocycles. The molecule has 5 heteroatoms. The number of rotatable bonds is 0. The molecule has 2 rings (SSSR count). The Morgan fingerprint density at radius 1 is 1.29 bits per heavy atom. The van der Waals surface area contributed by atoms with Gasteiger partial charge in [0.1, 0.15) is 5.75 Å². The van der Waals surface area contributed by atoms with E-state index >= 15 is 0 Å². The quantitative estimate of drug-likeness (QED) is 0.455. The van der Waals surface area contributed by atoms with Crippen molar-refractivity contribution < 1.29 is 14.3 Å². The van der Waals surface area contributed by atoms with E-state index in [0.717, 1.165) is 5.56 Å². The first-order chi connectivity index (χ1) is 6.59. The third-order valence-corrected chi connectivity index (χ3v) is 1.53. The Hall–Kier alpha value is -2.04. The molecule has 0 fully saturated rings. The second-order valence-corrected chi connectivity index (χ2v) is 2.66. The van der Waals surface area contributed by atoms with Crippen molar-refractivity contribution in [3.63, 3.8) is 0 Å². The zero-order valence-corrected chi connectivity index (χ0v) is 7.40. The highest BCUT2D eigenvalue weighted by Gasteiger charge is 2.18. The first kappa shape index (κ1) is 10.0. The normalized spacial score (nSPS) is 12.1. The highest BCUT2D eigenvalue weighted by Crippen LogP contribution is 2.24.